The van der Waals surface area contributed by atoms with Crippen molar-refractivity contribution in [3.8, 4) is 0 Å². The van der Waals surface area contributed by atoms with E-state index in [0.29, 0.717) is 22.3 Å². The molecular weight excluding hydrogens is 1040 g/mol. The molecule has 0 aliphatic heterocycles. The second-order valence-corrected chi connectivity index (χ2v) is 19.0. The van der Waals surface area contributed by atoms with Gasteiger partial charge < -0.3 is 0 Å². The van der Waals surface area contributed by atoms with Crippen LogP contribution in [0.1, 0.15) is 83.8 Å². The zero-order valence-electron chi connectivity index (χ0n) is 49.8. The molecule has 10 aromatic rings. The summed E-state index contributed by atoms with van der Waals surface area (Å²) in [6, 6.07) is 58.9. The predicted molar refractivity (Wildman–Crippen MR) is 327 cm³/mol. The van der Waals surface area contributed by atoms with Gasteiger partial charge in [0.2, 0.25) is 0 Å². The monoisotopic (exact) mass is 1120 g/mol. The number of alkyl halides is 3. The zero-order chi connectivity index (χ0) is 61.5. The van der Waals surface area contributed by atoms with Crippen molar-refractivity contribution in [2.75, 3.05) is 0 Å². The fraction of sp³-hybridized carbons (Fsp3) is 0.211. The van der Waals surface area contributed by atoms with Crippen molar-refractivity contribution in [2.24, 2.45) is 0 Å². The van der Waals surface area contributed by atoms with Gasteiger partial charge in [-0.15, -0.1) is 0 Å². The summed E-state index contributed by atoms with van der Waals surface area (Å²) < 4.78 is 86.3. The molecule has 0 fully saturated rings. The SMILES string of the molecule is Cc1cc(F)c(C)c(F)c1.Cc1ccc(C)c(F)c1.Cc1ccc(C)c(F)c1.Cc1ccc(C)cc1.Cc1cccc(C(F)(F)F)c1.Cc1ccccc1.Cc1ccccc1.Cc1ccccn1.Cc1cccnc1.Cc1ncccn1. The maximum absolute atomic E-state index is 12.6. The molecule has 82 heavy (non-hydrogen) atoms. The van der Waals surface area contributed by atoms with Gasteiger partial charge in [-0.25, -0.2) is 27.5 Å². The van der Waals surface area contributed by atoms with E-state index < -0.39 is 23.4 Å². The molecule has 3 aromatic heterocycles. The van der Waals surface area contributed by atoms with Crippen molar-refractivity contribution in [3.05, 3.63) is 332 Å². The Morgan fingerprint density at radius 1 is 0.293 bits per heavy atom. The first-order valence-corrected chi connectivity index (χ1v) is 26.3. The molecule has 0 radical (unpaired) electrons. The maximum atomic E-state index is 12.6. The first kappa shape index (κ1) is 71.4. The summed E-state index contributed by atoms with van der Waals surface area (Å²) in [6.45, 7) is 26.2. The molecule has 0 spiro atoms. The van der Waals surface area contributed by atoms with Crippen LogP contribution in [0.4, 0.5) is 30.7 Å². The molecule has 11 heteroatoms. The fourth-order valence-corrected chi connectivity index (χ4v) is 5.96. The van der Waals surface area contributed by atoms with Crippen LogP contribution in [-0.2, 0) is 6.18 Å². The molecule has 0 unspecified atom stereocenters. The lowest BCUT2D eigenvalue weighted by Crippen LogP contribution is -2.04. The molecule has 0 saturated carbocycles. The van der Waals surface area contributed by atoms with Gasteiger partial charge in [-0.05, 0) is 185 Å². The first-order valence-electron chi connectivity index (χ1n) is 26.3. The van der Waals surface area contributed by atoms with Crippen molar-refractivity contribution in [2.45, 2.75) is 103 Å². The Bertz CT molecular complexity index is 2920. The van der Waals surface area contributed by atoms with Gasteiger partial charge in [0.15, 0.2) is 0 Å². The van der Waals surface area contributed by atoms with E-state index in [1.165, 1.54) is 65.1 Å². The quantitative estimate of drug-likeness (QED) is 0.142. The van der Waals surface area contributed by atoms with E-state index in [-0.39, 0.29) is 17.2 Å². The van der Waals surface area contributed by atoms with E-state index in [2.05, 4.69) is 96.2 Å². The van der Waals surface area contributed by atoms with Crippen molar-refractivity contribution in [3.63, 3.8) is 0 Å². The summed E-state index contributed by atoms with van der Waals surface area (Å²) in [5.41, 5.74) is 11.7. The molecule has 0 aliphatic carbocycles. The zero-order valence-corrected chi connectivity index (χ0v) is 49.8. The molecule has 7 aromatic carbocycles. The molecule has 4 nitrogen and oxygen atoms in total. The van der Waals surface area contributed by atoms with Gasteiger partial charge in [-0.1, -0.05) is 167 Å². The highest BCUT2D eigenvalue weighted by Gasteiger charge is 2.29. The standard InChI is InChI=1S/C8H7F3.C8H8F2.2C8H9F.C8H10.2C7H8.2C6H7N.C5H6N2/c1-6-3-2-4-7(5-6)8(9,10)11;1-5-3-7(9)6(2)8(10)4-5;2*1-6-3-4-7(2)8(9)5-6;1-7-3-5-8(2)6-4-7;2*1-7-5-3-2-4-6-7;1-6-3-2-4-7-5-6;1-6-4-2-3-5-7-6;1-5-6-3-2-4-7-5/h2-5H,1H3;3-4H,1-2H3;2*3-5H,1-2H3;3-6H,1-2H3;2*2-6H,1H3;2*2-5H,1H3;2-4H,1H3. The summed E-state index contributed by atoms with van der Waals surface area (Å²) in [5.74, 6) is -0.359. The van der Waals surface area contributed by atoms with Crippen LogP contribution in [0.5, 0.6) is 0 Å². The van der Waals surface area contributed by atoms with Crippen LogP contribution in [0.2, 0.25) is 0 Å². The topological polar surface area (TPSA) is 51.6 Å². The molecule has 0 bridgehead atoms. The minimum atomic E-state index is -4.22. The van der Waals surface area contributed by atoms with Crippen molar-refractivity contribution in [1.29, 1.82) is 0 Å². The van der Waals surface area contributed by atoms with Gasteiger partial charge in [-0.3, -0.25) is 9.97 Å². The van der Waals surface area contributed by atoms with Gasteiger partial charge in [0.1, 0.15) is 29.1 Å². The van der Waals surface area contributed by atoms with Crippen LogP contribution < -0.4 is 0 Å². The fourth-order valence-electron chi connectivity index (χ4n) is 5.96. The lowest BCUT2D eigenvalue weighted by atomic mass is 10.1. The summed E-state index contributed by atoms with van der Waals surface area (Å²) in [7, 11) is 0. The van der Waals surface area contributed by atoms with Crippen LogP contribution in [0.3, 0.4) is 0 Å². The van der Waals surface area contributed by atoms with E-state index in [1.807, 2.05) is 120 Å². The number of hydrogen-bond donors (Lipinski definition) is 0. The number of aryl methyl sites for hydroxylation is 13. The molecule has 0 saturated heterocycles. The lowest BCUT2D eigenvalue weighted by molar-refractivity contribution is -0.137. The van der Waals surface area contributed by atoms with Crippen LogP contribution in [0, 0.1) is 120 Å². The predicted octanol–water partition coefficient (Wildman–Crippen LogP) is 20.3. The molecular formula is C71H79F7N4. The summed E-state index contributed by atoms with van der Waals surface area (Å²) in [6.07, 6.45) is 4.62. The third-order valence-electron chi connectivity index (χ3n) is 10.8. The minimum Gasteiger partial charge on any atom is -0.264 e. The van der Waals surface area contributed by atoms with Gasteiger partial charge >= 0.3 is 6.18 Å². The number of nitrogens with zero attached hydrogens (tertiary/aromatic N) is 4. The minimum absolute atomic E-state index is 0.0885. The second kappa shape index (κ2) is 40.6. The Balaban J connectivity index is 0.000000457. The Kier molecular flexibility index (Phi) is 35.4. The number of aromatic nitrogens is 4. The Morgan fingerprint density at radius 3 is 0.939 bits per heavy atom. The lowest BCUT2D eigenvalue weighted by Gasteiger charge is -2.05. The summed E-state index contributed by atoms with van der Waals surface area (Å²) in [5, 5.41) is 0. The van der Waals surface area contributed by atoms with Gasteiger partial charge in [0.05, 0.1) is 5.56 Å². The number of halogens is 7. The highest BCUT2D eigenvalue weighted by atomic mass is 19.4. The Labute approximate surface area is 484 Å². The average molecular weight is 1120 g/mol. The van der Waals surface area contributed by atoms with Gasteiger partial charge in [-0.2, -0.15) is 13.2 Å². The van der Waals surface area contributed by atoms with Crippen molar-refractivity contribution < 1.29 is 30.7 Å². The van der Waals surface area contributed by atoms with E-state index in [4.69, 9.17) is 0 Å². The second-order valence-electron chi connectivity index (χ2n) is 19.0. The number of rotatable bonds is 0. The number of pyridine rings is 2. The van der Waals surface area contributed by atoms with E-state index in [1.54, 1.807) is 76.7 Å². The van der Waals surface area contributed by atoms with Crippen molar-refractivity contribution in [1.82, 2.24) is 19.9 Å². The number of benzene rings is 7. The van der Waals surface area contributed by atoms with E-state index in [0.717, 1.165) is 34.8 Å². The van der Waals surface area contributed by atoms with E-state index >= 15 is 0 Å². The average Bonchev–Trinajstić information content (AvgIpc) is 3.47. The molecule has 0 amide bonds. The van der Waals surface area contributed by atoms with Gasteiger partial charge in [0.25, 0.3) is 0 Å². The van der Waals surface area contributed by atoms with E-state index in [9.17, 15) is 30.7 Å². The highest BCUT2D eigenvalue weighted by molar-refractivity contribution is 5.26. The normalized spacial score (nSPS) is 9.52. The Morgan fingerprint density at radius 2 is 0.671 bits per heavy atom. The largest absolute Gasteiger partial charge is 0.416 e. The molecule has 0 aliphatic rings. The number of hydrogen-bond acceptors (Lipinski definition) is 4. The molecule has 432 valence electrons. The van der Waals surface area contributed by atoms with Crippen LogP contribution in [0.25, 0.3) is 0 Å². The first-order chi connectivity index (χ1) is 38.8. The molecule has 10 rings (SSSR count). The Hall–Kier alpha value is -8.57. The van der Waals surface area contributed by atoms with Crippen LogP contribution >= 0.6 is 0 Å². The third-order valence-corrected chi connectivity index (χ3v) is 10.8. The van der Waals surface area contributed by atoms with Crippen LogP contribution in [-0.4, -0.2) is 19.9 Å². The third kappa shape index (κ3) is 35.8. The summed E-state index contributed by atoms with van der Waals surface area (Å²) >= 11 is 0. The van der Waals surface area contributed by atoms with Crippen LogP contribution in [0.15, 0.2) is 225 Å². The van der Waals surface area contributed by atoms with Crippen molar-refractivity contribution >= 4 is 0 Å². The van der Waals surface area contributed by atoms with Gasteiger partial charge in [0, 0.05) is 42.2 Å². The molecule has 3 heterocycles. The molecule has 0 N–H and O–H groups in total. The highest BCUT2D eigenvalue weighted by Crippen LogP contribution is 2.29. The smallest absolute Gasteiger partial charge is 0.264 e. The molecule has 0 atom stereocenters. The summed E-state index contributed by atoms with van der Waals surface area (Å²) in [4.78, 5) is 15.6. The maximum Gasteiger partial charge on any atom is 0.416 e.